The molecule has 1 amide bonds. The van der Waals surface area contributed by atoms with E-state index in [1.165, 1.54) is 0 Å². The third-order valence-electron chi connectivity index (χ3n) is 4.35. The highest BCUT2D eigenvalue weighted by Gasteiger charge is 2.36. The number of anilines is 1. The average Bonchev–Trinajstić information content (AvgIpc) is 2.76. The Bertz CT molecular complexity index is 923. The van der Waals surface area contributed by atoms with Crippen molar-refractivity contribution in [1.82, 2.24) is 0 Å². The lowest BCUT2D eigenvalue weighted by atomic mass is 10.2. The zero-order valence-corrected chi connectivity index (χ0v) is 18.8. The molecule has 0 aliphatic heterocycles. The van der Waals surface area contributed by atoms with Crippen molar-refractivity contribution in [3.63, 3.8) is 0 Å². The minimum atomic E-state index is -4.32. The van der Waals surface area contributed by atoms with Crippen LogP contribution in [0.5, 0.6) is 11.5 Å². The highest BCUT2D eigenvalue weighted by atomic mass is 32.2. The minimum absolute atomic E-state index is 0.189. The Balaban J connectivity index is 2.35. The molecule has 170 valence electrons. The fourth-order valence-electron chi connectivity index (χ4n) is 2.89. The molecule has 1 N–H and O–H groups in total. The van der Waals surface area contributed by atoms with E-state index in [4.69, 9.17) is 14.2 Å². The summed E-state index contributed by atoms with van der Waals surface area (Å²) in [5.74, 6) is -0.966. The fraction of sp³-hybridized carbons (Fsp3) is 0.409. The molecule has 0 saturated carbocycles. The summed E-state index contributed by atoms with van der Waals surface area (Å²) in [5, 5.41) is 10.6. The summed E-state index contributed by atoms with van der Waals surface area (Å²) in [7, 11) is -4.32. The van der Waals surface area contributed by atoms with Gasteiger partial charge in [-0.25, -0.2) is 8.42 Å². The number of ether oxygens (including phenoxy) is 3. The second-order valence-electron chi connectivity index (χ2n) is 6.48. The van der Waals surface area contributed by atoms with Gasteiger partial charge in [0.25, 0.3) is 5.91 Å². The predicted molar refractivity (Wildman–Crippen MR) is 118 cm³/mol. The zero-order valence-electron chi connectivity index (χ0n) is 18.0. The van der Waals surface area contributed by atoms with Gasteiger partial charge in [-0.05, 0) is 45.0 Å². The Morgan fingerprint density at radius 3 is 2.03 bits per heavy atom. The maximum Gasteiger partial charge on any atom is 0.273 e. The summed E-state index contributed by atoms with van der Waals surface area (Å²) in [6, 6.07) is 13.4. The molecule has 0 aliphatic rings. The molecule has 8 nitrogen and oxygen atoms in total. The van der Waals surface area contributed by atoms with E-state index >= 15 is 0 Å². The molecule has 0 aliphatic carbocycles. The average molecular weight is 452 g/mol. The van der Waals surface area contributed by atoms with Crippen LogP contribution in [0.25, 0.3) is 0 Å². The van der Waals surface area contributed by atoms with Crippen molar-refractivity contribution in [1.29, 1.82) is 0 Å². The van der Waals surface area contributed by atoms with Gasteiger partial charge in [0.05, 0.1) is 24.5 Å². The number of carbonyl (C=O) groups excluding carboxylic acids is 1. The number of sulfone groups is 1. The normalized spacial score (nSPS) is 12.3. The molecule has 0 aromatic heterocycles. The summed E-state index contributed by atoms with van der Waals surface area (Å²) in [4.78, 5) is 14.1. The predicted octanol–water partition coefficient (Wildman–Crippen LogP) is 2.74. The van der Waals surface area contributed by atoms with Gasteiger partial charge >= 0.3 is 0 Å². The molecular weight excluding hydrogens is 422 g/mol. The lowest BCUT2D eigenvalue weighted by molar-refractivity contribution is -0.124. The number of amides is 1. The number of hydrogen-bond acceptors (Lipinski definition) is 7. The highest BCUT2D eigenvalue weighted by Crippen LogP contribution is 2.32. The van der Waals surface area contributed by atoms with Crippen LogP contribution in [0.15, 0.2) is 48.5 Å². The van der Waals surface area contributed by atoms with Gasteiger partial charge in [0.2, 0.25) is 5.44 Å². The molecule has 0 heterocycles. The van der Waals surface area contributed by atoms with E-state index in [2.05, 4.69) is 0 Å². The SMILES string of the molecule is CCOCN(C(=O)C(O)S(=O)(=O)Cc1c(OCC)cccc1OCC)c1ccccc1. The topological polar surface area (TPSA) is 102 Å². The number of benzene rings is 2. The largest absolute Gasteiger partial charge is 0.493 e. The fourth-order valence-corrected chi connectivity index (χ4v) is 4.17. The molecule has 2 aromatic rings. The molecule has 0 fully saturated rings. The smallest absolute Gasteiger partial charge is 0.273 e. The van der Waals surface area contributed by atoms with Gasteiger partial charge in [0.1, 0.15) is 18.2 Å². The molecule has 1 atom stereocenters. The molecule has 31 heavy (non-hydrogen) atoms. The van der Waals surface area contributed by atoms with Gasteiger partial charge in [-0.1, -0.05) is 24.3 Å². The molecule has 2 rings (SSSR count). The Hall–Kier alpha value is -2.62. The number of carbonyl (C=O) groups is 1. The van der Waals surface area contributed by atoms with Gasteiger partial charge in [0.15, 0.2) is 9.84 Å². The molecule has 1 unspecified atom stereocenters. The van der Waals surface area contributed by atoms with Gasteiger partial charge in [0, 0.05) is 12.3 Å². The molecule has 9 heteroatoms. The standard InChI is InChI=1S/C22H29NO7S/c1-4-28-16-23(17-11-8-7-9-12-17)21(24)22(25)31(26,27)15-18-19(29-5-2)13-10-14-20(18)30-6-3/h7-14,22,25H,4-6,15-16H2,1-3H3. The zero-order chi connectivity index (χ0) is 22.9. The highest BCUT2D eigenvalue weighted by molar-refractivity contribution is 7.91. The van der Waals surface area contributed by atoms with Crippen molar-refractivity contribution in [2.45, 2.75) is 32.0 Å². The first-order valence-corrected chi connectivity index (χ1v) is 11.8. The van der Waals surface area contributed by atoms with E-state index in [1.807, 2.05) is 0 Å². The summed E-state index contributed by atoms with van der Waals surface area (Å²) in [6.45, 7) is 6.07. The molecule has 0 radical (unpaired) electrons. The first kappa shape index (κ1) is 24.6. The number of hydrogen-bond donors (Lipinski definition) is 1. The molecule has 0 saturated heterocycles. The number of aliphatic hydroxyl groups is 1. The van der Waals surface area contributed by atoms with E-state index in [-0.39, 0.29) is 12.3 Å². The minimum Gasteiger partial charge on any atom is -0.493 e. The van der Waals surface area contributed by atoms with Crippen molar-refractivity contribution in [2.75, 3.05) is 31.5 Å². The van der Waals surface area contributed by atoms with E-state index < -0.39 is 26.9 Å². The summed E-state index contributed by atoms with van der Waals surface area (Å²) in [5.41, 5.74) is -1.61. The van der Waals surface area contributed by atoms with Crippen LogP contribution in [-0.2, 0) is 25.1 Å². The number of rotatable bonds is 12. The van der Waals surface area contributed by atoms with E-state index in [0.717, 1.165) is 4.90 Å². The van der Waals surface area contributed by atoms with Crippen molar-refractivity contribution < 1.29 is 32.5 Å². The molecule has 2 aromatic carbocycles. The van der Waals surface area contributed by atoms with Crippen molar-refractivity contribution >= 4 is 21.4 Å². The Morgan fingerprint density at radius 1 is 0.935 bits per heavy atom. The van der Waals surface area contributed by atoms with Gasteiger partial charge < -0.3 is 19.3 Å². The van der Waals surface area contributed by atoms with Gasteiger partial charge in [-0.15, -0.1) is 0 Å². The molecule has 0 bridgehead atoms. The lowest BCUT2D eigenvalue weighted by Crippen LogP contribution is -2.44. The van der Waals surface area contributed by atoms with Crippen LogP contribution >= 0.6 is 0 Å². The second-order valence-corrected chi connectivity index (χ2v) is 8.54. The van der Waals surface area contributed by atoms with Crippen molar-refractivity contribution in [3.05, 3.63) is 54.1 Å². The van der Waals surface area contributed by atoms with Gasteiger partial charge in [-0.3, -0.25) is 9.69 Å². The van der Waals surface area contributed by atoms with Crippen LogP contribution in [0.3, 0.4) is 0 Å². The summed E-state index contributed by atoms with van der Waals surface area (Å²) < 4.78 is 42.4. The molecule has 0 spiro atoms. The van der Waals surface area contributed by atoms with Crippen LogP contribution in [0.1, 0.15) is 26.3 Å². The number of para-hydroxylation sites is 1. The Morgan fingerprint density at radius 2 is 1.52 bits per heavy atom. The summed E-state index contributed by atoms with van der Waals surface area (Å²) >= 11 is 0. The third-order valence-corrected chi connectivity index (χ3v) is 5.92. The monoisotopic (exact) mass is 451 g/mol. The van der Waals surface area contributed by atoms with Crippen molar-refractivity contribution in [3.8, 4) is 11.5 Å². The lowest BCUT2D eigenvalue weighted by Gasteiger charge is -2.25. The maximum atomic E-state index is 13.0. The van der Waals surface area contributed by atoms with Crippen LogP contribution < -0.4 is 14.4 Å². The quantitative estimate of drug-likeness (QED) is 0.495. The Labute approximate surface area is 183 Å². The first-order valence-electron chi connectivity index (χ1n) is 10.1. The van der Waals surface area contributed by atoms with Crippen molar-refractivity contribution in [2.24, 2.45) is 0 Å². The van der Waals surface area contributed by atoms with E-state index in [0.29, 0.717) is 37.0 Å². The van der Waals surface area contributed by atoms with Crippen LogP contribution in [0.2, 0.25) is 0 Å². The van der Waals surface area contributed by atoms with Gasteiger partial charge in [-0.2, -0.15) is 0 Å². The molecular formula is C22H29NO7S. The van der Waals surface area contributed by atoms with E-state index in [9.17, 15) is 18.3 Å². The summed E-state index contributed by atoms with van der Waals surface area (Å²) in [6.07, 6.45) is 0. The third kappa shape index (κ3) is 6.43. The number of aliphatic hydroxyl groups excluding tert-OH is 1. The Kier molecular flexibility index (Phi) is 9.29. The first-order chi connectivity index (χ1) is 14.9. The van der Waals surface area contributed by atoms with Crippen LogP contribution in [0.4, 0.5) is 5.69 Å². The number of nitrogens with zero attached hydrogens (tertiary/aromatic N) is 1. The van der Waals surface area contributed by atoms with Crippen LogP contribution in [-0.4, -0.2) is 51.4 Å². The van der Waals surface area contributed by atoms with E-state index in [1.54, 1.807) is 69.3 Å². The second kappa shape index (κ2) is 11.7. The maximum absolute atomic E-state index is 13.0. The van der Waals surface area contributed by atoms with Crippen LogP contribution in [0, 0.1) is 0 Å².